The van der Waals surface area contributed by atoms with Crippen LogP contribution in [0.3, 0.4) is 0 Å². The van der Waals surface area contributed by atoms with Gasteiger partial charge in [-0.1, -0.05) is 36.4 Å². The second-order valence-electron chi connectivity index (χ2n) is 10.9. The number of benzene rings is 2. The molecule has 36 heavy (non-hydrogen) atoms. The SMILES string of the molecule is Cc1cccc2cccc(C3Cc4nc(OC[C@@H]5CCCN5C)nc(N5CCCC[C@@H]5C)c4CO3)c12. The fourth-order valence-corrected chi connectivity index (χ4v) is 6.34. The molecule has 190 valence electrons. The van der Waals surface area contributed by atoms with Gasteiger partial charge in [0.15, 0.2) is 0 Å². The van der Waals surface area contributed by atoms with Crippen LogP contribution in [0.5, 0.6) is 6.01 Å². The number of aromatic nitrogens is 2. The number of hydrogen-bond donors (Lipinski definition) is 0. The van der Waals surface area contributed by atoms with Crippen LogP contribution >= 0.6 is 0 Å². The van der Waals surface area contributed by atoms with Gasteiger partial charge in [0.1, 0.15) is 12.4 Å². The summed E-state index contributed by atoms with van der Waals surface area (Å²) in [6, 6.07) is 14.5. The van der Waals surface area contributed by atoms with Gasteiger partial charge in [0.05, 0.1) is 18.4 Å². The number of likely N-dealkylation sites (tertiary alicyclic amines) is 1. The normalized spacial score (nSPS) is 24.8. The number of fused-ring (bicyclic) bond motifs is 2. The molecule has 0 N–H and O–H groups in total. The first-order valence-corrected chi connectivity index (χ1v) is 13.7. The summed E-state index contributed by atoms with van der Waals surface area (Å²) in [7, 11) is 2.18. The Labute approximate surface area is 214 Å². The Bertz CT molecular complexity index is 1240. The summed E-state index contributed by atoms with van der Waals surface area (Å²) >= 11 is 0. The van der Waals surface area contributed by atoms with Crippen molar-refractivity contribution < 1.29 is 9.47 Å². The number of anilines is 1. The van der Waals surface area contributed by atoms with Crippen LogP contribution in [0.1, 0.15) is 67.5 Å². The Morgan fingerprint density at radius 1 is 1.03 bits per heavy atom. The molecule has 3 aromatic rings. The average molecular weight is 487 g/mol. The minimum absolute atomic E-state index is 0.0300. The van der Waals surface area contributed by atoms with Gasteiger partial charge in [0.25, 0.3) is 0 Å². The number of nitrogens with zero attached hydrogens (tertiary/aromatic N) is 4. The summed E-state index contributed by atoms with van der Waals surface area (Å²) in [5, 5.41) is 2.56. The Morgan fingerprint density at radius 3 is 2.69 bits per heavy atom. The molecule has 0 spiro atoms. The van der Waals surface area contributed by atoms with E-state index in [1.807, 2.05) is 0 Å². The molecule has 1 aromatic heterocycles. The molecule has 3 aliphatic rings. The molecular weight excluding hydrogens is 448 g/mol. The van der Waals surface area contributed by atoms with Gasteiger partial charge in [-0.15, -0.1) is 0 Å². The van der Waals surface area contributed by atoms with Crippen molar-refractivity contribution in [2.24, 2.45) is 0 Å². The van der Waals surface area contributed by atoms with E-state index in [-0.39, 0.29) is 6.10 Å². The zero-order valence-corrected chi connectivity index (χ0v) is 21.9. The lowest BCUT2D eigenvalue weighted by molar-refractivity contribution is 0.0264. The highest BCUT2D eigenvalue weighted by atomic mass is 16.5. The zero-order chi connectivity index (χ0) is 24.6. The molecular formula is C30H38N4O2. The van der Waals surface area contributed by atoms with E-state index >= 15 is 0 Å². The van der Waals surface area contributed by atoms with E-state index in [0.29, 0.717) is 31.3 Å². The molecule has 6 nitrogen and oxygen atoms in total. The summed E-state index contributed by atoms with van der Waals surface area (Å²) in [4.78, 5) is 14.9. The molecule has 4 heterocycles. The molecule has 3 aliphatic heterocycles. The molecule has 0 bridgehead atoms. The van der Waals surface area contributed by atoms with Crippen LogP contribution in [0, 0.1) is 6.92 Å². The Morgan fingerprint density at radius 2 is 1.89 bits per heavy atom. The summed E-state index contributed by atoms with van der Waals surface area (Å²) < 4.78 is 12.9. The lowest BCUT2D eigenvalue weighted by atomic mass is 9.92. The molecule has 6 rings (SSSR count). The molecule has 1 unspecified atom stereocenters. The minimum atomic E-state index is -0.0300. The van der Waals surface area contributed by atoms with E-state index < -0.39 is 0 Å². The van der Waals surface area contributed by atoms with Gasteiger partial charge in [-0.25, -0.2) is 0 Å². The molecule has 2 fully saturated rings. The molecule has 0 saturated carbocycles. The predicted molar refractivity (Wildman–Crippen MR) is 144 cm³/mol. The molecule has 3 atom stereocenters. The lowest BCUT2D eigenvalue weighted by Gasteiger charge is -2.37. The van der Waals surface area contributed by atoms with Crippen molar-refractivity contribution >= 4 is 16.6 Å². The quantitative estimate of drug-likeness (QED) is 0.468. The van der Waals surface area contributed by atoms with Crippen molar-refractivity contribution in [2.75, 3.05) is 31.6 Å². The lowest BCUT2D eigenvalue weighted by Crippen LogP contribution is -2.39. The Kier molecular flexibility index (Phi) is 6.57. The molecule has 6 heteroatoms. The van der Waals surface area contributed by atoms with Crippen molar-refractivity contribution in [3.8, 4) is 6.01 Å². The number of piperidine rings is 1. The van der Waals surface area contributed by atoms with Crippen LogP contribution in [0.2, 0.25) is 0 Å². The monoisotopic (exact) mass is 486 g/mol. The van der Waals surface area contributed by atoms with E-state index in [1.54, 1.807) is 0 Å². The Balaban J connectivity index is 1.35. The third-order valence-corrected chi connectivity index (χ3v) is 8.50. The number of ether oxygens (including phenoxy) is 2. The fourth-order valence-electron chi connectivity index (χ4n) is 6.34. The highest BCUT2D eigenvalue weighted by Crippen LogP contribution is 2.39. The van der Waals surface area contributed by atoms with Crippen molar-refractivity contribution in [1.29, 1.82) is 0 Å². The number of likely N-dealkylation sites (N-methyl/N-ethyl adjacent to an activating group) is 1. The highest BCUT2D eigenvalue weighted by molar-refractivity contribution is 5.89. The van der Waals surface area contributed by atoms with Crippen LogP contribution < -0.4 is 9.64 Å². The fraction of sp³-hybridized carbons (Fsp3) is 0.533. The molecule has 0 aliphatic carbocycles. The van der Waals surface area contributed by atoms with Crippen LogP contribution in [0.4, 0.5) is 5.82 Å². The van der Waals surface area contributed by atoms with Crippen molar-refractivity contribution in [1.82, 2.24) is 14.9 Å². The first-order chi connectivity index (χ1) is 17.6. The van der Waals surface area contributed by atoms with Gasteiger partial charge in [0, 0.05) is 30.6 Å². The van der Waals surface area contributed by atoms with Crippen molar-refractivity contribution in [2.45, 2.75) is 77.2 Å². The van der Waals surface area contributed by atoms with Crippen LogP contribution in [0.25, 0.3) is 10.8 Å². The van der Waals surface area contributed by atoms with Crippen molar-refractivity contribution in [3.63, 3.8) is 0 Å². The first-order valence-electron chi connectivity index (χ1n) is 13.7. The number of rotatable bonds is 5. The van der Waals surface area contributed by atoms with Gasteiger partial charge < -0.3 is 19.3 Å². The summed E-state index contributed by atoms with van der Waals surface area (Å²) in [5.74, 6) is 1.02. The largest absolute Gasteiger partial charge is 0.462 e. The van der Waals surface area contributed by atoms with E-state index in [2.05, 4.69) is 67.1 Å². The van der Waals surface area contributed by atoms with Crippen molar-refractivity contribution in [3.05, 3.63) is 58.8 Å². The third-order valence-electron chi connectivity index (χ3n) is 8.50. The third kappa shape index (κ3) is 4.46. The molecule has 2 aromatic carbocycles. The maximum Gasteiger partial charge on any atom is 0.318 e. The zero-order valence-electron chi connectivity index (χ0n) is 21.9. The topological polar surface area (TPSA) is 50.7 Å². The van der Waals surface area contributed by atoms with Gasteiger partial charge in [-0.3, -0.25) is 0 Å². The van der Waals surface area contributed by atoms with Crippen LogP contribution in [-0.4, -0.2) is 53.7 Å². The van der Waals surface area contributed by atoms with E-state index in [0.717, 1.165) is 36.6 Å². The maximum absolute atomic E-state index is 6.56. The summed E-state index contributed by atoms with van der Waals surface area (Å²) in [5.41, 5.74) is 4.75. The standard InChI is InChI=1S/C30H38N4O2/c1-20-9-6-11-22-12-7-14-24(28(20)22)27-17-26-25(19-35-27)29(34-16-5-4-10-21(34)2)32-30(31-26)36-18-23-13-8-15-33(23)3/h6-7,9,11-12,14,21,23,27H,4-5,8,10,13,15-19H2,1-3H3/t21-,23-,27?/m0/s1. The summed E-state index contributed by atoms with van der Waals surface area (Å²) in [6.45, 7) is 7.85. The average Bonchev–Trinajstić information content (AvgIpc) is 3.31. The summed E-state index contributed by atoms with van der Waals surface area (Å²) in [6.07, 6.45) is 6.79. The van der Waals surface area contributed by atoms with E-state index in [9.17, 15) is 0 Å². The van der Waals surface area contributed by atoms with Gasteiger partial charge >= 0.3 is 6.01 Å². The van der Waals surface area contributed by atoms with Crippen LogP contribution in [0.15, 0.2) is 36.4 Å². The Hall–Kier alpha value is -2.70. The highest BCUT2D eigenvalue weighted by Gasteiger charge is 2.31. The minimum Gasteiger partial charge on any atom is -0.462 e. The van der Waals surface area contributed by atoms with E-state index in [4.69, 9.17) is 19.4 Å². The number of aryl methyl sites for hydroxylation is 1. The van der Waals surface area contributed by atoms with Gasteiger partial charge in [0.2, 0.25) is 0 Å². The first kappa shape index (κ1) is 23.7. The second-order valence-corrected chi connectivity index (χ2v) is 10.9. The van der Waals surface area contributed by atoms with E-state index in [1.165, 1.54) is 54.0 Å². The molecule has 0 radical (unpaired) electrons. The molecule has 0 amide bonds. The smallest absolute Gasteiger partial charge is 0.318 e. The van der Waals surface area contributed by atoms with Crippen LogP contribution in [-0.2, 0) is 17.8 Å². The second kappa shape index (κ2) is 9.98. The predicted octanol–water partition coefficient (Wildman–Crippen LogP) is 5.60. The van der Waals surface area contributed by atoms with Gasteiger partial charge in [-0.2, -0.15) is 9.97 Å². The maximum atomic E-state index is 6.56. The number of hydrogen-bond acceptors (Lipinski definition) is 6. The molecule has 2 saturated heterocycles. The van der Waals surface area contributed by atoms with Gasteiger partial charge in [-0.05, 0) is 81.4 Å².